The number of amides is 2. The molecule has 0 aliphatic heterocycles. The first kappa shape index (κ1) is 16.7. The summed E-state index contributed by atoms with van der Waals surface area (Å²) < 4.78 is 15.6. The number of nitrogens with one attached hydrogen (secondary N) is 2. The first-order valence-electron chi connectivity index (χ1n) is 7.95. The van der Waals surface area contributed by atoms with Gasteiger partial charge < -0.3 is 15.2 Å². The quantitative estimate of drug-likeness (QED) is 0.745. The fraction of sp³-hybridized carbons (Fsp3) is 0.158. The second-order valence-corrected chi connectivity index (χ2v) is 5.85. The molecule has 0 unspecified atom stereocenters. The third-order valence-electron chi connectivity index (χ3n) is 3.74. The van der Waals surface area contributed by atoms with Crippen molar-refractivity contribution in [3.63, 3.8) is 0 Å². The molecule has 5 nitrogen and oxygen atoms in total. The lowest BCUT2D eigenvalue weighted by molar-refractivity contribution is 0.251. The van der Waals surface area contributed by atoms with Crippen LogP contribution < -0.4 is 10.6 Å². The molecule has 2 amide bonds. The number of carbonyl (C=O) groups excluding carboxylic acids is 1. The van der Waals surface area contributed by atoms with E-state index in [1.807, 2.05) is 42.0 Å². The molecule has 0 aliphatic carbocycles. The molecule has 0 saturated carbocycles. The highest BCUT2D eigenvalue weighted by molar-refractivity contribution is 5.89. The Morgan fingerprint density at radius 1 is 1.20 bits per heavy atom. The number of aryl methyl sites for hydroxylation is 1. The van der Waals surface area contributed by atoms with Crippen LogP contribution in [-0.2, 0) is 13.1 Å². The Labute approximate surface area is 145 Å². The molecule has 2 N–H and O–H groups in total. The predicted octanol–water partition coefficient (Wildman–Crippen LogP) is 3.70. The van der Waals surface area contributed by atoms with Crippen LogP contribution in [0.3, 0.4) is 0 Å². The third kappa shape index (κ3) is 4.67. The Morgan fingerprint density at radius 3 is 2.84 bits per heavy atom. The van der Waals surface area contributed by atoms with Gasteiger partial charge in [-0.1, -0.05) is 30.3 Å². The van der Waals surface area contributed by atoms with E-state index in [1.165, 1.54) is 6.07 Å². The van der Waals surface area contributed by atoms with Gasteiger partial charge >= 0.3 is 6.03 Å². The lowest BCUT2D eigenvalue weighted by atomic mass is 10.1. The minimum Gasteiger partial charge on any atom is -0.334 e. The van der Waals surface area contributed by atoms with Crippen molar-refractivity contribution in [1.82, 2.24) is 14.9 Å². The van der Waals surface area contributed by atoms with Crippen LogP contribution in [0.2, 0.25) is 0 Å². The highest BCUT2D eigenvalue weighted by atomic mass is 19.1. The molecule has 0 bridgehead atoms. The molecule has 2 aromatic carbocycles. The predicted molar refractivity (Wildman–Crippen MR) is 94.8 cm³/mol. The van der Waals surface area contributed by atoms with Crippen LogP contribution in [0.25, 0.3) is 0 Å². The van der Waals surface area contributed by atoms with Crippen molar-refractivity contribution in [3.05, 3.63) is 83.7 Å². The number of aromatic nitrogens is 2. The zero-order valence-electron chi connectivity index (χ0n) is 13.9. The van der Waals surface area contributed by atoms with E-state index in [1.54, 1.807) is 24.7 Å². The monoisotopic (exact) mass is 338 g/mol. The number of anilines is 1. The summed E-state index contributed by atoms with van der Waals surface area (Å²) in [6.45, 7) is 2.92. The standard InChI is InChI=1S/C19H19FN4O/c1-14-5-6-17(20)18(9-14)23-19(25)22-11-15-3-2-4-16(10-15)12-24-8-7-21-13-24/h2-10,13H,11-12H2,1H3,(H2,22,23,25). The van der Waals surface area contributed by atoms with Gasteiger partial charge in [0.25, 0.3) is 0 Å². The number of hydrogen-bond donors (Lipinski definition) is 2. The Bertz CT molecular complexity index is 862. The number of nitrogens with zero attached hydrogens (tertiary/aromatic N) is 2. The normalized spacial score (nSPS) is 10.5. The second-order valence-electron chi connectivity index (χ2n) is 5.85. The van der Waals surface area contributed by atoms with E-state index in [9.17, 15) is 9.18 Å². The Balaban J connectivity index is 1.57. The number of rotatable bonds is 5. The van der Waals surface area contributed by atoms with Crippen molar-refractivity contribution in [3.8, 4) is 0 Å². The lowest BCUT2D eigenvalue weighted by Gasteiger charge is -2.10. The SMILES string of the molecule is Cc1ccc(F)c(NC(=O)NCc2cccc(Cn3ccnc3)c2)c1. The largest absolute Gasteiger partial charge is 0.334 e. The number of urea groups is 1. The van der Waals surface area contributed by atoms with Crippen LogP contribution >= 0.6 is 0 Å². The van der Waals surface area contributed by atoms with Crippen molar-refractivity contribution < 1.29 is 9.18 Å². The third-order valence-corrected chi connectivity index (χ3v) is 3.74. The molecule has 0 fully saturated rings. The molecule has 0 aliphatic rings. The first-order valence-corrected chi connectivity index (χ1v) is 7.95. The summed E-state index contributed by atoms with van der Waals surface area (Å²) >= 11 is 0. The molecular weight excluding hydrogens is 319 g/mol. The van der Waals surface area contributed by atoms with Gasteiger partial charge in [0.2, 0.25) is 0 Å². The summed E-state index contributed by atoms with van der Waals surface area (Å²) in [5.41, 5.74) is 3.13. The highest BCUT2D eigenvalue weighted by Gasteiger charge is 2.07. The summed E-state index contributed by atoms with van der Waals surface area (Å²) in [7, 11) is 0. The smallest absolute Gasteiger partial charge is 0.319 e. The van der Waals surface area contributed by atoms with Gasteiger partial charge in [0, 0.05) is 25.5 Å². The molecular formula is C19H19FN4O. The molecule has 3 aromatic rings. The topological polar surface area (TPSA) is 59.0 Å². The van der Waals surface area contributed by atoms with E-state index < -0.39 is 11.8 Å². The van der Waals surface area contributed by atoms with Gasteiger partial charge in [0.15, 0.2) is 0 Å². The Hall–Kier alpha value is -3.15. The zero-order chi connectivity index (χ0) is 17.6. The Kier molecular flexibility index (Phi) is 5.09. The van der Waals surface area contributed by atoms with Gasteiger partial charge in [0.1, 0.15) is 5.82 Å². The molecule has 25 heavy (non-hydrogen) atoms. The molecule has 128 valence electrons. The lowest BCUT2D eigenvalue weighted by Crippen LogP contribution is -2.28. The van der Waals surface area contributed by atoms with E-state index in [4.69, 9.17) is 0 Å². The van der Waals surface area contributed by atoms with E-state index in [-0.39, 0.29) is 5.69 Å². The van der Waals surface area contributed by atoms with Crippen molar-refractivity contribution >= 4 is 11.7 Å². The number of imidazole rings is 1. The van der Waals surface area contributed by atoms with Gasteiger partial charge in [-0.3, -0.25) is 0 Å². The van der Waals surface area contributed by atoms with Crippen LogP contribution in [0.15, 0.2) is 61.2 Å². The summed E-state index contributed by atoms with van der Waals surface area (Å²) in [6.07, 6.45) is 5.39. The molecule has 0 radical (unpaired) electrons. The molecule has 3 rings (SSSR count). The summed E-state index contributed by atoms with van der Waals surface area (Å²) in [5.74, 6) is -0.455. The fourth-order valence-electron chi connectivity index (χ4n) is 2.51. The summed E-state index contributed by atoms with van der Waals surface area (Å²) in [6, 6.07) is 12.1. The van der Waals surface area contributed by atoms with E-state index in [0.29, 0.717) is 13.1 Å². The van der Waals surface area contributed by atoms with Gasteiger partial charge in [-0.2, -0.15) is 0 Å². The van der Waals surface area contributed by atoms with Gasteiger partial charge in [-0.15, -0.1) is 0 Å². The van der Waals surface area contributed by atoms with Gasteiger partial charge in [0.05, 0.1) is 12.0 Å². The number of benzene rings is 2. The van der Waals surface area contributed by atoms with E-state index in [0.717, 1.165) is 16.7 Å². The summed E-state index contributed by atoms with van der Waals surface area (Å²) in [5, 5.41) is 5.28. The van der Waals surface area contributed by atoms with Crippen LogP contribution in [0.1, 0.15) is 16.7 Å². The number of carbonyl (C=O) groups is 1. The van der Waals surface area contributed by atoms with Crippen molar-refractivity contribution in [2.24, 2.45) is 0 Å². The second kappa shape index (κ2) is 7.61. The van der Waals surface area contributed by atoms with Crippen molar-refractivity contribution in [2.45, 2.75) is 20.0 Å². The first-order chi connectivity index (χ1) is 12.1. The number of halogens is 1. The van der Waals surface area contributed by atoms with E-state index in [2.05, 4.69) is 15.6 Å². The fourth-order valence-corrected chi connectivity index (χ4v) is 2.51. The van der Waals surface area contributed by atoms with Crippen LogP contribution in [0.4, 0.5) is 14.9 Å². The minimum absolute atomic E-state index is 0.173. The molecule has 0 saturated heterocycles. The Morgan fingerprint density at radius 2 is 2.04 bits per heavy atom. The van der Waals surface area contributed by atoms with E-state index >= 15 is 0 Å². The average Bonchev–Trinajstić information content (AvgIpc) is 3.10. The van der Waals surface area contributed by atoms with Crippen LogP contribution in [0.5, 0.6) is 0 Å². The van der Waals surface area contributed by atoms with Crippen molar-refractivity contribution in [1.29, 1.82) is 0 Å². The molecule has 6 heteroatoms. The van der Waals surface area contributed by atoms with Gasteiger partial charge in [-0.05, 0) is 35.7 Å². The highest BCUT2D eigenvalue weighted by Crippen LogP contribution is 2.15. The zero-order valence-corrected chi connectivity index (χ0v) is 13.9. The maximum absolute atomic E-state index is 13.7. The molecule has 0 spiro atoms. The number of hydrogen-bond acceptors (Lipinski definition) is 2. The van der Waals surface area contributed by atoms with Crippen LogP contribution in [0, 0.1) is 12.7 Å². The summed E-state index contributed by atoms with van der Waals surface area (Å²) in [4.78, 5) is 16.0. The maximum atomic E-state index is 13.7. The van der Waals surface area contributed by atoms with Crippen molar-refractivity contribution in [2.75, 3.05) is 5.32 Å². The molecule has 1 heterocycles. The van der Waals surface area contributed by atoms with Gasteiger partial charge in [-0.25, -0.2) is 14.2 Å². The van der Waals surface area contributed by atoms with Crippen LogP contribution in [-0.4, -0.2) is 15.6 Å². The molecule has 1 aromatic heterocycles. The molecule has 0 atom stereocenters. The maximum Gasteiger partial charge on any atom is 0.319 e. The minimum atomic E-state index is -0.455. The average molecular weight is 338 g/mol.